The molecule has 0 aliphatic rings. The molecule has 1 aromatic heterocycles. The number of esters is 1. The van der Waals surface area contributed by atoms with Crippen LogP contribution in [0.25, 0.3) is 0 Å². The second-order valence-corrected chi connectivity index (χ2v) is 6.12. The number of sulfonamides is 1. The Bertz CT molecular complexity index is 577. The SMILES string of the molecule is CCC(NS(=O)(=O)c1ccsc1C(=O)O)C(=O)OC. The summed E-state index contributed by atoms with van der Waals surface area (Å²) >= 11 is 0.798. The highest BCUT2D eigenvalue weighted by atomic mass is 32.2. The average molecular weight is 307 g/mol. The van der Waals surface area contributed by atoms with Crippen LogP contribution in [0.5, 0.6) is 0 Å². The Labute approximate surface area is 114 Å². The zero-order valence-electron chi connectivity index (χ0n) is 10.2. The molecule has 0 saturated heterocycles. The number of carboxylic acids is 1. The van der Waals surface area contributed by atoms with E-state index in [2.05, 4.69) is 9.46 Å². The number of hydrogen-bond acceptors (Lipinski definition) is 6. The lowest BCUT2D eigenvalue weighted by Crippen LogP contribution is -2.41. The summed E-state index contributed by atoms with van der Waals surface area (Å²) in [7, 11) is -2.93. The van der Waals surface area contributed by atoms with Gasteiger partial charge in [0.1, 0.15) is 15.8 Å². The molecule has 0 radical (unpaired) electrons. The van der Waals surface area contributed by atoms with Crippen LogP contribution < -0.4 is 4.72 Å². The Morgan fingerprint density at radius 2 is 2.16 bits per heavy atom. The Kier molecular flexibility index (Phi) is 5.04. The maximum atomic E-state index is 12.0. The third-order valence-electron chi connectivity index (χ3n) is 2.30. The highest BCUT2D eigenvalue weighted by molar-refractivity contribution is 7.89. The van der Waals surface area contributed by atoms with Gasteiger partial charge in [-0.15, -0.1) is 11.3 Å². The van der Waals surface area contributed by atoms with Gasteiger partial charge in [0.15, 0.2) is 0 Å². The van der Waals surface area contributed by atoms with Crippen molar-refractivity contribution in [1.29, 1.82) is 0 Å². The first-order valence-electron chi connectivity index (χ1n) is 5.24. The van der Waals surface area contributed by atoms with E-state index >= 15 is 0 Å². The monoisotopic (exact) mass is 307 g/mol. The lowest BCUT2D eigenvalue weighted by molar-refractivity contribution is -0.142. The van der Waals surface area contributed by atoms with Gasteiger partial charge in [-0.05, 0) is 17.9 Å². The lowest BCUT2D eigenvalue weighted by atomic mass is 10.2. The molecule has 0 bridgehead atoms. The molecule has 1 rings (SSSR count). The maximum absolute atomic E-state index is 12.0. The molecule has 9 heteroatoms. The Hall–Kier alpha value is -1.45. The normalized spacial score (nSPS) is 12.9. The zero-order valence-corrected chi connectivity index (χ0v) is 11.9. The van der Waals surface area contributed by atoms with E-state index in [0.29, 0.717) is 0 Å². The number of carbonyl (C=O) groups excluding carboxylic acids is 1. The highest BCUT2D eigenvalue weighted by Crippen LogP contribution is 2.22. The van der Waals surface area contributed by atoms with Gasteiger partial charge in [0.2, 0.25) is 10.0 Å². The molecule has 1 unspecified atom stereocenters. The van der Waals surface area contributed by atoms with Crippen LogP contribution in [0.3, 0.4) is 0 Å². The van der Waals surface area contributed by atoms with Crippen molar-refractivity contribution >= 4 is 33.3 Å². The van der Waals surface area contributed by atoms with Crippen LogP contribution in [-0.4, -0.2) is 38.6 Å². The van der Waals surface area contributed by atoms with Gasteiger partial charge in [0.25, 0.3) is 0 Å². The van der Waals surface area contributed by atoms with E-state index in [4.69, 9.17) is 5.11 Å². The molecule has 19 heavy (non-hydrogen) atoms. The molecule has 0 aromatic carbocycles. The smallest absolute Gasteiger partial charge is 0.347 e. The number of rotatable bonds is 6. The van der Waals surface area contributed by atoms with Crippen molar-refractivity contribution in [1.82, 2.24) is 4.72 Å². The predicted octanol–water partition coefficient (Wildman–Crippen LogP) is 0.676. The van der Waals surface area contributed by atoms with E-state index in [1.807, 2.05) is 0 Å². The summed E-state index contributed by atoms with van der Waals surface area (Å²) < 4.78 is 30.7. The van der Waals surface area contributed by atoms with Crippen LogP contribution >= 0.6 is 11.3 Å². The average Bonchev–Trinajstić information content (AvgIpc) is 2.85. The number of ether oxygens (including phenoxy) is 1. The molecule has 0 fully saturated rings. The van der Waals surface area contributed by atoms with E-state index in [0.717, 1.165) is 18.4 Å². The van der Waals surface area contributed by atoms with Gasteiger partial charge in [-0.25, -0.2) is 13.2 Å². The Morgan fingerprint density at radius 3 is 2.63 bits per heavy atom. The summed E-state index contributed by atoms with van der Waals surface area (Å²) in [6.07, 6.45) is 0.193. The molecule has 106 valence electrons. The number of hydrogen-bond donors (Lipinski definition) is 2. The number of aromatic carboxylic acids is 1. The lowest BCUT2D eigenvalue weighted by Gasteiger charge is -2.14. The summed E-state index contributed by atoms with van der Waals surface area (Å²) in [4.78, 5) is 21.6. The molecule has 1 heterocycles. The number of thiophene rings is 1. The number of methoxy groups -OCH3 is 1. The van der Waals surface area contributed by atoms with E-state index in [1.54, 1.807) is 6.92 Å². The van der Waals surface area contributed by atoms with Crippen molar-refractivity contribution in [3.05, 3.63) is 16.3 Å². The first-order valence-corrected chi connectivity index (χ1v) is 7.60. The Balaban J connectivity index is 3.07. The van der Waals surface area contributed by atoms with Gasteiger partial charge in [-0.3, -0.25) is 4.79 Å². The minimum absolute atomic E-state index is 0.193. The summed E-state index contributed by atoms with van der Waals surface area (Å²) in [6, 6.07) is 0.136. The first-order chi connectivity index (χ1) is 8.83. The van der Waals surface area contributed by atoms with E-state index in [-0.39, 0.29) is 16.2 Å². The molecule has 1 atom stereocenters. The van der Waals surface area contributed by atoms with Crippen molar-refractivity contribution in [3.63, 3.8) is 0 Å². The summed E-state index contributed by atoms with van der Waals surface area (Å²) in [5.74, 6) is -2.06. The molecule has 0 amide bonds. The third-order valence-corrected chi connectivity index (χ3v) is 4.85. The summed E-state index contributed by atoms with van der Waals surface area (Å²) in [5.41, 5.74) is 0. The molecule has 0 aliphatic heterocycles. The molecule has 0 spiro atoms. The van der Waals surface area contributed by atoms with Crippen LogP contribution in [0.2, 0.25) is 0 Å². The van der Waals surface area contributed by atoms with Gasteiger partial charge < -0.3 is 9.84 Å². The molecule has 1 aromatic rings. The van der Waals surface area contributed by atoms with Crippen LogP contribution in [0.15, 0.2) is 16.3 Å². The van der Waals surface area contributed by atoms with Gasteiger partial charge in [0.05, 0.1) is 7.11 Å². The topological polar surface area (TPSA) is 110 Å². The van der Waals surface area contributed by atoms with Gasteiger partial charge in [-0.2, -0.15) is 4.72 Å². The Morgan fingerprint density at radius 1 is 1.53 bits per heavy atom. The maximum Gasteiger partial charge on any atom is 0.347 e. The second kappa shape index (κ2) is 6.13. The fraction of sp³-hybridized carbons (Fsp3) is 0.400. The molecule has 7 nitrogen and oxygen atoms in total. The zero-order chi connectivity index (χ0) is 14.6. The van der Waals surface area contributed by atoms with Crippen molar-refractivity contribution in [3.8, 4) is 0 Å². The van der Waals surface area contributed by atoms with Crippen LogP contribution in [-0.2, 0) is 19.6 Å². The van der Waals surface area contributed by atoms with Crippen molar-refractivity contribution < 1.29 is 27.9 Å². The van der Waals surface area contributed by atoms with Crippen LogP contribution in [0.1, 0.15) is 23.0 Å². The minimum Gasteiger partial charge on any atom is -0.477 e. The largest absolute Gasteiger partial charge is 0.477 e. The van der Waals surface area contributed by atoms with Crippen molar-refractivity contribution in [2.45, 2.75) is 24.3 Å². The minimum atomic E-state index is -4.08. The number of carbonyl (C=O) groups is 2. The third kappa shape index (κ3) is 3.52. The quantitative estimate of drug-likeness (QED) is 0.748. The standard InChI is InChI=1S/C10H13NO6S2/c1-3-6(10(14)17-2)11-19(15,16)7-4-5-18-8(7)9(12)13/h4-6,11H,3H2,1-2H3,(H,12,13). The van der Waals surface area contributed by atoms with E-state index in [1.165, 1.54) is 11.4 Å². The summed E-state index contributed by atoms with van der Waals surface area (Å²) in [6.45, 7) is 1.61. The van der Waals surface area contributed by atoms with E-state index < -0.39 is 28.0 Å². The highest BCUT2D eigenvalue weighted by Gasteiger charge is 2.29. The second-order valence-electron chi connectivity index (χ2n) is 3.52. The molecule has 2 N–H and O–H groups in total. The summed E-state index contributed by atoms with van der Waals surface area (Å²) in [5, 5.41) is 10.2. The fourth-order valence-corrected chi connectivity index (χ4v) is 3.88. The number of nitrogens with one attached hydrogen (secondary N) is 1. The van der Waals surface area contributed by atoms with Gasteiger partial charge in [0, 0.05) is 0 Å². The molecule has 0 aliphatic carbocycles. The van der Waals surface area contributed by atoms with Crippen LogP contribution in [0, 0.1) is 0 Å². The van der Waals surface area contributed by atoms with Gasteiger partial charge in [-0.1, -0.05) is 6.92 Å². The first kappa shape index (κ1) is 15.6. The number of carboxylic acid groups (broad SMARTS) is 1. The van der Waals surface area contributed by atoms with Crippen molar-refractivity contribution in [2.24, 2.45) is 0 Å². The molecule has 0 saturated carbocycles. The van der Waals surface area contributed by atoms with E-state index in [9.17, 15) is 18.0 Å². The van der Waals surface area contributed by atoms with Gasteiger partial charge >= 0.3 is 11.9 Å². The molecular weight excluding hydrogens is 294 g/mol. The van der Waals surface area contributed by atoms with Crippen LogP contribution in [0.4, 0.5) is 0 Å². The predicted molar refractivity (Wildman–Crippen MR) is 67.7 cm³/mol. The van der Waals surface area contributed by atoms with Crippen molar-refractivity contribution in [2.75, 3.05) is 7.11 Å². The fourth-order valence-electron chi connectivity index (χ4n) is 1.36. The molecular formula is C10H13NO6S2.